The van der Waals surface area contributed by atoms with Gasteiger partial charge in [-0.25, -0.2) is 8.78 Å². The number of halogens is 2. The number of benzene rings is 1. The second kappa shape index (κ2) is 9.09. The van der Waals surface area contributed by atoms with Crippen LogP contribution in [-0.4, -0.2) is 44.6 Å². The molecule has 0 amide bonds. The van der Waals surface area contributed by atoms with E-state index in [1.54, 1.807) is 12.3 Å². The molecule has 4 aromatic rings. The van der Waals surface area contributed by atoms with E-state index in [4.69, 9.17) is 0 Å². The van der Waals surface area contributed by atoms with Crippen LogP contribution >= 0.6 is 0 Å². The van der Waals surface area contributed by atoms with Gasteiger partial charge in [-0.1, -0.05) is 6.07 Å². The molecular formula is C24H25F2N7. The predicted octanol–water partition coefficient (Wildman–Crippen LogP) is 4.93. The predicted molar refractivity (Wildman–Crippen MR) is 124 cm³/mol. The highest BCUT2D eigenvalue weighted by Gasteiger charge is 2.39. The molecule has 0 saturated heterocycles. The molecule has 1 aliphatic carbocycles. The van der Waals surface area contributed by atoms with E-state index in [0.29, 0.717) is 24.5 Å². The number of nitrogens with one attached hydrogen (secondary N) is 3. The fourth-order valence-electron chi connectivity index (χ4n) is 4.33. The van der Waals surface area contributed by atoms with Gasteiger partial charge in [0.25, 0.3) is 0 Å². The number of nitrogens with zero attached hydrogens (tertiary/aromatic N) is 4. The first-order valence-electron chi connectivity index (χ1n) is 11.2. The van der Waals surface area contributed by atoms with Gasteiger partial charge in [-0.2, -0.15) is 5.10 Å². The molecule has 1 unspecified atom stereocenters. The van der Waals surface area contributed by atoms with Crippen LogP contribution in [0.15, 0.2) is 48.7 Å². The molecule has 3 atom stereocenters. The zero-order chi connectivity index (χ0) is 22.8. The Balaban J connectivity index is 1.33. The van der Waals surface area contributed by atoms with E-state index in [1.165, 1.54) is 6.07 Å². The summed E-state index contributed by atoms with van der Waals surface area (Å²) < 4.78 is 28.5. The lowest BCUT2D eigenvalue weighted by Crippen LogP contribution is -2.37. The third-order valence-corrected chi connectivity index (χ3v) is 6.27. The Labute approximate surface area is 190 Å². The van der Waals surface area contributed by atoms with E-state index < -0.39 is 12.0 Å². The largest absolute Gasteiger partial charge is 0.368 e. The molecule has 1 aliphatic rings. The summed E-state index contributed by atoms with van der Waals surface area (Å²) >= 11 is 0. The van der Waals surface area contributed by atoms with Crippen molar-refractivity contribution in [2.75, 3.05) is 23.7 Å². The molecule has 7 nitrogen and oxygen atoms in total. The lowest BCUT2D eigenvalue weighted by molar-refractivity contribution is 0.0894. The lowest BCUT2D eigenvalue weighted by Gasteiger charge is -2.37. The Bertz CT molecular complexity index is 1240. The first-order valence-corrected chi connectivity index (χ1v) is 11.2. The highest BCUT2D eigenvalue weighted by molar-refractivity contribution is 5.92. The number of hydrogen-bond acceptors (Lipinski definition) is 6. The number of anilines is 2. The van der Waals surface area contributed by atoms with Crippen molar-refractivity contribution in [1.29, 1.82) is 0 Å². The second-order valence-corrected chi connectivity index (χ2v) is 8.28. The van der Waals surface area contributed by atoms with Crippen LogP contribution in [0.4, 0.5) is 20.4 Å². The molecule has 3 aromatic heterocycles. The monoisotopic (exact) mass is 449 g/mol. The number of rotatable bonds is 8. The van der Waals surface area contributed by atoms with Gasteiger partial charge in [0.1, 0.15) is 17.8 Å². The Morgan fingerprint density at radius 3 is 2.73 bits per heavy atom. The quantitative estimate of drug-likeness (QED) is 0.353. The average Bonchev–Trinajstić information content (AvgIpc) is 3.24. The molecule has 0 radical (unpaired) electrons. The molecule has 1 fully saturated rings. The van der Waals surface area contributed by atoms with Crippen molar-refractivity contribution in [1.82, 2.24) is 25.4 Å². The zero-order valence-corrected chi connectivity index (χ0v) is 18.2. The van der Waals surface area contributed by atoms with Gasteiger partial charge in [0.2, 0.25) is 0 Å². The minimum absolute atomic E-state index is 0.248. The normalized spacial score (nSPS) is 18.6. The zero-order valence-electron chi connectivity index (χ0n) is 18.2. The lowest BCUT2D eigenvalue weighted by atomic mass is 9.72. The first kappa shape index (κ1) is 21.2. The summed E-state index contributed by atoms with van der Waals surface area (Å²) in [5, 5.41) is 23.4. The topological polar surface area (TPSA) is 91.4 Å². The molecule has 1 saturated carbocycles. The summed E-state index contributed by atoms with van der Waals surface area (Å²) in [6.45, 7) is 3.13. The van der Waals surface area contributed by atoms with Gasteiger partial charge >= 0.3 is 0 Å². The molecule has 5 rings (SSSR count). The second-order valence-electron chi connectivity index (χ2n) is 8.28. The van der Waals surface area contributed by atoms with Gasteiger partial charge in [-0.3, -0.25) is 10.1 Å². The molecule has 1 aromatic carbocycles. The van der Waals surface area contributed by atoms with E-state index in [-0.39, 0.29) is 11.8 Å². The standard InChI is InChI=1S/C24H25F2N7/c1-2-27-24-16-12-14(5-8-21(16)31-33-24)20-9-10-22(32-30-20)29-13-17(15-6-7-18(15)25)23-19(26)4-3-11-28-23/h3-5,8-12,15,17-18H,2,6-7,13H2,1H3,(H,29,32)(H2,27,31,33)/t15?,17-,18-/m0/s1. The number of aromatic amines is 1. The Kier molecular flexibility index (Phi) is 5.85. The Morgan fingerprint density at radius 1 is 1.12 bits per heavy atom. The van der Waals surface area contributed by atoms with Crippen molar-refractivity contribution in [2.45, 2.75) is 31.9 Å². The van der Waals surface area contributed by atoms with Gasteiger partial charge < -0.3 is 10.6 Å². The molecule has 3 N–H and O–H groups in total. The summed E-state index contributed by atoms with van der Waals surface area (Å²) in [6, 6.07) is 12.6. The summed E-state index contributed by atoms with van der Waals surface area (Å²) in [7, 11) is 0. The van der Waals surface area contributed by atoms with Crippen molar-refractivity contribution in [3.8, 4) is 11.3 Å². The molecule has 9 heteroatoms. The highest BCUT2D eigenvalue weighted by Crippen LogP contribution is 2.41. The third kappa shape index (κ3) is 4.22. The van der Waals surface area contributed by atoms with Crippen LogP contribution in [0.2, 0.25) is 0 Å². The van der Waals surface area contributed by atoms with E-state index in [9.17, 15) is 8.78 Å². The number of H-pyrrole nitrogens is 1. The van der Waals surface area contributed by atoms with Crippen LogP contribution in [0.1, 0.15) is 31.4 Å². The minimum atomic E-state index is -0.934. The molecular weight excluding hydrogens is 424 g/mol. The summed E-state index contributed by atoms with van der Waals surface area (Å²) in [5.74, 6) is 0.325. The van der Waals surface area contributed by atoms with E-state index in [1.807, 2.05) is 37.3 Å². The molecule has 3 heterocycles. The Hall–Kier alpha value is -3.62. The number of alkyl halides is 1. The van der Waals surface area contributed by atoms with Crippen LogP contribution in [0.5, 0.6) is 0 Å². The summed E-state index contributed by atoms with van der Waals surface area (Å²) in [6.07, 6.45) is 1.85. The van der Waals surface area contributed by atoms with Crippen molar-refractivity contribution in [2.24, 2.45) is 5.92 Å². The maximum absolute atomic E-state index is 14.4. The number of fused-ring (bicyclic) bond motifs is 1. The van der Waals surface area contributed by atoms with Gasteiger partial charge in [0.15, 0.2) is 5.82 Å². The highest BCUT2D eigenvalue weighted by atomic mass is 19.1. The average molecular weight is 450 g/mol. The Morgan fingerprint density at radius 2 is 2.03 bits per heavy atom. The maximum Gasteiger partial charge on any atom is 0.155 e. The van der Waals surface area contributed by atoms with E-state index in [0.717, 1.165) is 40.9 Å². The van der Waals surface area contributed by atoms with E-state index >= 15 is 0 Å². The van der Waals surface area contributed by atoms with Crippen molar-refractivity contribution < 1.29 is 8.78 Å². The fourth-order valence-corrected chi connectivity index (χ4v) is 4.33. The summed E-state index contributed by atoms with van der Waals surface area (Å²) in [5.41, 5.74) is 2.88. The van der Waals surface area contributed by atoms with Crippen molar-refractivity contribution in [3.63, 3.8) is 0 Å². The first-order chi connectivity index (χ1) is 16.1. The van der Waals surface area contributed by atoms with Crippen LogP contribution < -0.4 is 10.6 Å². The van der Waals surface area contributed by atoms with Crippen LogP contribution in [0.3, 0.4) is 0 Å². The SMILES string of the molecule is CCNc1n[nH]c2ccc(-c3ccc(NC[C@H](c4ncccc4F)C4CC[C@@H]4F)nn3)cc12. The number of pyridine rings is 1. The van der Waals surface area contributed by atoms with Crippen molar-refractivity contribution in [3.05, 3.63) is 60.2 Å². The fraction of sp³-hybridized carbons (Fsp3) is 0.333. The van der Waals surface area contributed by atoms with Crippen LogP contribution in [0, 0.1) is 11.7 Å². The van der Waals surface area contributed by atoms with Gasteiger partial charge in [0, 0.05) is 42.1 Å². The third-order valence-electron chi connectivity index (χ3n) is 6.27. The smallest absolute Gasteiger partial charge is 0.155 e. The number of hydrogen-bond donors (Lipinski definition) is 3. The van der Waals surface area contributed by atoms with Gasteiger partial charge in [-0.05, 0) is 56.2 Å². The van der Waals surface area contributed by atoms with E-state index in [2.05, 4.69) is 36.0 Å². The van der Waals surface area contributed by atoms with Crippen LogP contribution in [0.25, 0.3) is 22.2 Å². The van der Waals surface area contributed by atoms with Crippen molar-refractivity contribution >= 4 is 22.5 Å². The summed E-state index contributed by atoms with van der Waals surface area (Å²) in [4.78, 5) is 4.19. The number of aromatic nitrogens is 5. The van der Waals surface area contributed by atoms with Gasteiger partial charge in [-0.15, -0.1) is 10.2 Å². The van der Waals surface area contributed by atoms with Crippen LogP contribution in [-0.2, 0) is 0 Å². The molecule has 0 bridgehead atoms. The molecule has 0 spiro atoms. The molecule has 170 valence electrons. The van der Waals surface area contributed by atoms with Gasteiger partial charge in [0.05, 0.1) is 16.9 Å². The minimum Gasteiger partial charge on any atom is -0.368 e. The molecule has 33 heavy (non-hydrogen) atoms. The molecule has 0 aliphatic heterocycles. The maximum atomic E-state index is 14.4.